The number of anilines is 1. The summed E-state index contributed by atoms with van der Waals surface area (Å²) in [5.74, 6) is 1.18. The summed E-state index contributed by atoms with van der Waals surface area (Å²) in [6.45, 7) is 7.83. The molecule has 0 unspecified atom stereocenters. The van der Waals surface area contributed by atoms with Crippen LogP contribution in [0.25, 0.3) is 0 Å². The summed E-state index contributed by atoms with van der Waals surface area (Å²) >= 11 is 5.81. The minimum atomic E-state index is 0.155. The third-order valence-corrected chi connectivity index (χ3v) is 2.43. The van der Waals surface area contributed by atoms with Crippen molar-refractivity contribution in [2.45, 2.75) is 40.0 Å². The van der Waals surface area contributed by atoms with Crippen LogP contribution in [0.5, 0.6) is 6.01 Å². The van der Waals surface area contributed by atoms with Crippen LogP contribution in [0.2, 0.25) is 5.28 Å². The molecule has 0 saturated heterocycles. The molecule has 102 valence electrons. The van der Waals surface area contributed by atoms with Gasteiger partial charge in [0.05, 0.1) is 6.61 Å². The van der Waals surface area contributed by atoms with Crippen LogP contribution < -0.4 is 10.1 Å². The van der Waals surface area contributed by atoms with Crippen LogP contribution in [0, 0.1) is 5.92 Å². The molecule has 0 aliphatic carbocycles. The Balaban J connectivity index is 2.46. The Morgan fingerprint density at radius 1 is 1.28 bits per heavy atom. The van der Waals surface area contributed by atoms with Gasteiger partial charge in [0, 0.05) is 6.54 Å². The lowest BCUT2D eigenvalue weighted by Gasteiger charge is -2.08. The number of hydrogen-bond donors (Lipinski definition) is 1. The molecule has 5 nitrogen and oxygen atoms in total. The van der Waals surface area contributed by atoms with Gasteiger partial charge in [0.25, 0.3) is 0 Å². The Kier molecular flexibility index (Phi) is 6.72. The lowest BCUT2D eigenvalue weighted by Crippen LogP contribution is -2.09. The normalized spacial score (nSPS) is 10.7. The fraction of sp³-hybridized carbons (Fsp3) is 0.750. The number of nitrogens with one attached hydrogen (secondary N) is 1. The summed E-state index contributed by atoms with van der Waals surface area (Å²) in [4.78, 5) is 12.1. The van der Waals surface area contributed by atoms with Crippen molar-refractivity contribution in [1.82, 2.24) is 15.0 Å². The fourth-order valence-electron chi connectivity index (χ4n) is 1.38. The summed E-state index contributed by atoms with van der Waals surface area (Å²) in [7, 11) is 0. The topological polar surface area (TPSA) is 59.9 Å². The second-order valence-corrected chi connectivity index (χ2v) is 4.86. The second kappa shape index (κ2) is 8.08. The Morgan fingerprint density at radius 2 is 2.06 bits per heavy atom. The van der Waals surface area contributed by atoms with Gasteiger partial charge in [-0.15, -0.1) is 0 Å². The first-order valence-corrected chi connectivity index (χ1v) is 6.77. The zero-order valence-corrected chi connectivity index (χ0v) is 12.0. The Morgan fingerprint density at radius 3 is 2.72 bits per heavy atom. The molecule has 0 atom stereocenters. The predicted octanol–water partition coefficient (Wildman–Crippen LogP) is 3.16. The van der Waals surface area contributed by atoms with E-state index >= 15 is 0 Å². The standard InChI is InChI=1S/C12H21ClN4O/c1-4-8-18-12-16-10(13)15-11(17-12)14-7-5-6-9(2)3/h9H,4-8H2,1-3H3,(H,14,15,16,17). The van der Waals surface area contributed by atoms with Gasteiger partial charge in [0.15, 0.2) is 0 Å². The van der Waals surface area contributed by atoms with Gasteiger partial charge >= 0.3 is 6.01 Å². The third-order valence-electron chi connectivity index (χ3n) is 2.26. The largest absolute Gasteiger partial charge is 0.463 e. The summed E-state index contributed by atoms with van der Waals surface area (Å²) < 4.78 is 5.33. The minimum Gasteiger partial charge on any atom is -0.463 e. The van der Waals surface area contributed by atoms with Crippen molar-refractivity contribution < 1.29 is 4.74 Å². The molecule has 1 heterocycles. The Hall–Kier alpha value is -1.10. The molecule has 1 N–H and O–H groups in total. The van der Waals surface area contributed by atoms with Crippen molar-refractivity contribution in [2.75, 3.05) is 18.5 Å². The van der Waals surface area contributed by atoms with Gasteiger partial charge in [-0.3, -0.25) is 0 Å². The van der Waals surface area contributed by atoms with Crippen molar-refractivity contribution in [3.8, 4) is 6.01 Å². The fourth-order valence-corrected chi connectivity index (χ4v) is 1.53. The number of halogens is 1. The third kappa shape index (κ3) is 6.00. The van der Waals surface area contributed by atoms with Crippen LogP contribution in [0.3, 0.4) is 0 Å². The molecular weight excluding hydrogens is 252 g/mol. The van der Waals surface area contributed by atoms with Gasteiger partial charge in [0.1, 0.15) is 0 Å². The summed E-state index contributed by atoms with van der Waals surface area (Å²) in [6, 6.07) is 0.281. The van der Waals surface area contributed by atoms with E-state index in [1.807, 2.05) is 6.92 Å². The summed E-state index contributed by atoms with van der Waals surface area (Å²) in [6.07, 6.45) is 3.15. The molecule has 0 amide bonds. The van der Waals surface area contributed by atoms with E-state index in [4.69, 9.17) is 16.3 Å². The van der Waals surface area contributed by atoms with E-state index < -0.39 is 0 Å². The van der Waals surface area contributed by atoms with Crippen LogP contribution in [-0.4, -0.2) is 28.1 Å². The zero-order chi connectivity index (χ0) is 13.4. The average Bonchev–Trinajstić information content (AvgIpc) is 2.31. The monoisotopic (exact) mass is 272 g/mol. The quantitative estimate of drug-likeness (QED) is 0.737. The molecule has 0 fully saturated rings. The van der Waals surface area contributed by atoms with Crippen LogP contribution >= 0.6 is 11.6 Å². The molecule has 0 bridgehead atoms. The molecule has 1 rings (SSSR count). The van der Waals surface area contributed by atoms with Crippen molar-refractivity contribution in [3.63, 3.8) is 0 Å². The highest BCUT2D eigenvalue weighted by atomic mass is 35.5. The SMILES string of the molecule is CCCOc1nc(Cl)nc(NCCCC(C)C)n1. The van der Waals surface area contributed by atoms with E-state index in [1.54, 1.807) is 0 Å². The maximum absolute atomic E-state index is 5.81. The maximum atomic E-state index is 5.81. The molecule has 0 aliphatic heterocycles. The van der Waals surface area contributed by atoms with Crippen LogP contribution in [0.15, 0.2) is 0 Å². The summed E-state index contributed by atoms with van der Waals surface area (Å²) in [5.41, 5.74) is 0. The van der Waals surface area contributed by atoms with E-state index in [9.17, 15) is 0 Å². The first-order valence-electron chi connectivity index (χ1n) is 6.40. The molecule has 1 aromatic rings. The number of ether oxygens (including phenoxy) is 1. The first kappa shape index (κ1) is 15.0. The zero-order valence-electron chi connectivity index (χ0n) is 11.2. The molecular formula is C12H21ClN4O. The van der Waals surface area contributed by atoms with E-state index in [-0.39, 0.29) is 11.3 Å². The van der Waals surface area contributed by atoms with E-state index in [2.05, 4.69) is 34.1 Å². The average molecular weight is 273 g/mol. The molecule has 0 radical (unpaired) electrons. The Labute approximate surface area is 113 Å². The van der Waals surface area contributed by atoms with Crippen molar-refractivity contribution in [3.05, 3.63) is 5.28 Å². The van der Waals surface area contributed by atoms with Gasteiger partial charge in [0.2, 0.25) is 11.2 Å². The molecule has 6 heteroatoms. The van der Waals surface area contributed by atoms with Crippen molar-refractivity contribution in [2.24, 2.45) is 5.92 Å². The summed E-state index contributed by atoms with van der Waals surface area (Å²) in [5, 5.41) is 3.29. The van der Waals surface area contributed by atoms with Gasteiger partial charge in [-0.1, -0.05) is 20.8 Å². The molecule has 0 aromatic carbocycles. The van der Waals surface area contributed by atoms with Crippen molar-refractivity contribution >= 4 is 17.5 Å². The number of nitrogens with zero attached hydrogens (tertiary/aromatic N) is 3. The van der Waals surface area contributed by atoms with E-state index in [0.29, 0.717) is 18.5 Å². The van der Waals surface area contributed by atoms with Crippen LogP contribution in [0.4, 0.5) is 5.95 Å². The smallest absolute Gasteiger partial charge is 0.322 e. The van der Waals surface area contributed by atoms with Gasteiger partial charge in [-0.2, -0.15) is 15.0 Å². The lowest BCUT2D eigenvalue weighted by molar-refractivity contribution is 0.291. The lowest BCUT2D eigenvalue weighted by atomic mass is 10.1. The van der Waals surface area contributed by atoms with Crippen LogP contribution in [0.1, 0.15) is 40.0 Å². The molecule has 0 aliphatic rings. The number of hydrogen-bond acceptors (Lipinski definition) is 5. The highest BCUT2D eigenvalue weighted by Crippen LogP contribution is 2.12. The maximum Gasteiger partial charge on any atom is 0.322 e. The van der Waals surface area contributed by atoms with Crippen molar-refractivity contribution in [1.29, 1.82) is 0 Å². The van der Waals surface area contributed by atoms with E-state index in [0.717, 1.165) is 19.4 Å². The second-order valence-electron chi connectivity index (χ2n) is 4.52. The predicted molar refractivity (Wildman–Crippen MR) is 73.2 cm³/mol. The first-order chi connectivity index (χ1) is 8.61. The molecule has 0 saturated carbocycles. The number of aromatic nitrogens is 3. The molecule has 0 spiro atoms. The minimum absolute atomic E-state index is 0.155. The van der Waals surface area contributed by atoms with E-state index in [1.165, 1.54) is 6.42 Å². The van der Waals surface area contributed by atoms with Crippen LogP contribution in [-0.2, 0) is 0 Å². The Bertz CT molecular complexity index is 360. The molecule has 1 aromatic heterocycles. The van der Waals surface area contributed by atoms with Gasteiger partial charge in [-0.25, -0.2) is 0 Å². The van der Waals surface area contributed by atoms with Gasteiger partial charge < -0.3 is 10.1 Å². The highest BCUT2D eigenvalue weighted by molar-refractivity contribution is 6.28. The van der Waals surface area contributed by atoms with Gasteiger partial charge in [-0.05, 0) is 36.8 Å². The highest BCUT2D eigenvalue weighted by Gasteiger charge is 2.05. The molecule has 18 heavy (non-hydrogen) atoms. The number of rotatable bonds is 8.